The number of nitrogen functional groups attached to an aromatic ring is 1. The lowest BCUT2D eigenvalue weighted by Crippen LogP contribution is -2.02. The number of anilines is 1. The monoisotopic (exact) mass is 189 g/mol. The van der Waals surface area contributed by atoms with Crippen LogP contribution in [0.1, 0.15) is 0 Å². The number of hydrogen-bond donors (Lipinski definition) is 1. The molecule has 0 spiro atoms. The van der Waals surface area contributed by atoms with Crippen LogP contribution in [0.2, 0.25) is 0 Å². The predicted molar refractivity (Wildman–Crippen MR) is 44.0 cm³/mol. The molecule has 72 valence electrons. The van der Waals surface area contributed by atoms with Gasteiger partial charge in [0.2, 0.25) is 0 Å². The number of ether oxygens (including phenoxy) is 2. The molecule has 5 heteroatoms. The van der Waals surface area contributed by atoms with Crippen LogP contribution in [0.15, 0.2) is 18.2 Å². The topological polar surface area (TPSA) is 44.5 Å². The molecule has 0 aromatic heterocycles. The zero-order chi connectivity index (χ0) is 9.84. The molecule has 1 rings (SSSR count). The Kier molecular flexibility index (Phi) is 2.89. The molecule has 0 aliphatic carbocycles. The van der Waals surface area contributed by atoms with Gasteiger partial charge in [-0.1, -0.05) is 0 Å². The van der Waals surface area contributed by atoms with E-state index in [1.807, 2.05) is 0 Å². The summed E-state index contributed by atoms with van der Waals surface area (Å²) in [6.45, 7) is -2.86. The third-order valence-corrected chi connectivity index (χ3v) is 1.36. The van der Waals surface area contributed by atoms with Crippen LogP contribution in [0.3, 0.4) is 0 Å². The van der Waals surface area contributed by atoms with Crippen molar-refractivity contribution < 1.29 is 18.3 Å². The van der Waals surface area contributed by atoms with Crippen LogP contribution in [0, 0.1) is 0 Å². The van der Waals surface area contributed by atoms with Crippen molar-refractivity contribution in [2.75, 3.05) is 12.8 Å². The SMILES string of the molecule is COc1cc(N)cc(OC(F)F)c1. The molecule has 2 N–H and O–H groups in total. The van der Waals surface area contributed by atoms with E-state index in [1.54, 1.807) is 0 Å². The number of benzene rings is 1. The molecule has 0 radical (unpaired) electrons. The fourth-order valence-corrected chi connectivity index (χ4v) is 0.883. The third-order valence-electron chi connectivity index (χ3n) is 1.36. The van der Waals surface area contributed by atoms with Crippen LogP contribution in [0.4, 0.5) is 14.5 Å². The van der Waals surface area contributed by atoms with E-state index in [-0.39, 0.29) is 5.75 Å². The summed E-state index contributed by atoms with van der Waals surface area (Å²) in [5.41, 5.74) is 5.72. The summed E-state index contributed by atoms with van der Waals surface area (Å²) in [5, 5.41) is 0. The fraction of sp³-hybridized carbons (Fsp3) is 0.250. The van der Waals surface area contributed by atoms with Crippen molar-refractivity contribution in [2.24, 2.45) is 0 Å². The highest BCUT2D eigenvalue weighted by molar-refractivity contribution is 5.50. The Morgan fingerprint density at radius 3 is 2.38 bits per heavy atom. The van der Waals surface area contributed by atoms with E-state index in [1.165, 1.54) is 25.3 Å². The summed E-state index contributed by atoms with van der Waals surface area (Å²) in [4.78, 5) is 0. The molecule has 0 bridgehead atoms. The van der Waals surface area contributed by atoms with Gasteiger partial charge in [-0.25, -0.2) is 0 Å². The van der Waals surface area contributed by atoms with E-state index < -0.39 is 6.61 Å². The van der Waals surface area contributed by atoms with Crippen molar-refractivity contribution in [3.8, 4) is 11.5 Å². The maximum Gasteiger partial charge on any atom is 0.387 e. The van der Waals surface area contributed by atoms with Gasteiger partial charge in [0, 0.05) is 23.9 Å². The summed E-state index contributed by atoms with van der Waals surface area (Å²) in [7, 11) is 1.42. The molecule has 3 nitrogen and oxygen atoms in total. The van der Waals surface area contributed by atoms with Gasteiger partial charge < -0.3 is 15.2 Å². The van der Waals surface area contributed by atoms with Crippen molar-refractivity contribution in [2.45, 2.75) is 6.61 Å². The molecule has 0 saturated heterocycles. The van der Waals surface area contributed by atoms with Gasteiger partial charge in [-0.3, -0.25) is 0 Å². The minimum Gasteiger partial charge on any atom is -0.497 e. The van der Waals surface area contributed by atoms with Crippen molar-refractivity contribution in [3.63, 3.8) is 0 Å². The fourth-order valence-electron chi connectivity index (χ4n) is 0.883. The number of methoxy groups -OCH3 is 1. The molecular weight excluding hydrogens is 180 g/mol. The first kappa shape index (κ1) is 9.57. The van der Waals surface area contributed by atoms with Crippen LogP contribution in [-0.4, -0.2) is 13.7 Å². The maximum atomic E-state index is 11.8. The molecule has 0 fully saturated rings. The lowest BCUT2D eigenvalue weighted by atomic mass is 10.3. The van der Waals surface area contributed by atoms with Crippen molar-refractivity contribution in [3.05, 3.63) is 18.2 Å². The summed E-state index contributed by atoms with van der Waals surface area (Å²) < 4.78 is 32.5. The highest BCUT2D eigenvalue weighted by atomic mass is 19.3. The van der Waals surface area contributed by atoms with E-state index in [4.69, 9.17) is 10.5 Å². The van der Waals surface area contributed by atoms with Gasteiger partial charge in [-0.05, 0) is 0 Å². The van der Waals surface area contributed by atoms with Crippen molar-refractivity contribution in [1.29, 1.82) is 0 Å². The second-order valence-electron chi connectivity index (χ2n) is 2.32. The lowest BCUT2D eigenvalue weighted by Gasteiger charge is -2.07. The second kappa shape index (κ2) is 3.93. The van der Waals surface area contributed by atoms with Gasteiger partial charge >= 0.3 is 6.61 Å². The smallest absolute Gasteiger partial charge is 0.387 e. The van der Waals surface area contributed by atoms with Gasteiger partial charge in [0.1, 0.15) is 11.5 Å². The number of hydrogen-bond acceptors (Lipinski definition) is 3. The molecule has 0 amide bonds. The van der Waals surface area contributed by atoms with Crippen molar-refractivity contribution >= 4 is 5.69 Å². The van der Waals surface area contributed by atoms with E-state index >= 15 is 0 Å². The minimum atomic E-state index is -2.86. The van der Waals surface area contributed by atoms with Crippen LogP contribution in [-0.2, 0) is 0 Å². The average molecular weight is 189 g/mol. The van der Waals surface area contributed by atoms with E-state index in [2.05, 4.69) is 4.74 Å². The minimum absolute atomic E-state index is 0.00755. The number of alkyl halides is 2. The zero-order valence-corrected chi connectivity index (χ0v) is 6.96. The summed E-state index contributed by atoms with van der Waals surface area (Å²) in [5.74, 6) is 0.377. The molecule has 0 aliphatic heterocycles. The van der Waals surface area contributed by atoms with Gasteiger partial charge in [-0.2, -0.15) is 8.78 Å². The Morgan fingerprint density at radius 1 is 1.23 bits per heavy atom. The molecule has 1 aromatic rings. The predicted octanol–water partition coefficient (Wildman–Crippen LogP) is 1.88. The second-order valence-corrected chi connectivity index (χ2v) is 2.32. The standard InChI is InChI=1S/C8H9F2NO2/c1-12-6-2-5(11)3-7(4-6)13-8(9)10/h2-4,8H,11H2,1H3. The molecular formula is C8H9F2NO2. The number of halogens is 2. The zero-order valence-electron chi connectivity index (χ0n) is 6.96. The van der Waals surface area contributed by atoms with Crippen LogP contribution >= 0.6 is 0 Å². The normalized spacial score (nSPS) is 10.2. The van der Waals surface area contributed by atoms with E-state index in [0.717, 1.165) is 0 Å². The molecule has 0 atom stereocenters. The summed E-state index contributed by atoms with van der Waals surface area (Å²) >= 11 is 0. The van der Waals surface area contributed by atoms with E-state index in [9.17, 15) is 8.78 Å². The quantitative estimate of drug-likeness (QED) is 0.738. The highest BCUT2D eigenvalue weighted by Crippen LogP contribution is 2.25. The molecule has 0 heterocycles. The Hall–Kier alpha value is -1.52. The van der Waals surface area contributed by atoms with Gasteiger partial charge in [0.05, 0.1) is 7.11 Å². The van der Waals surface area contributed by atoms with Crippen LogP contribution in [0.5, 0.6) is 11.5 Å². The largest absolute Gasteiger partial charge is 0.497 e. The maximum absolute atomic E-state index is 11.8. The van der Waals surface area contributed by atoms with Gasteiger partial charge in [0.25, 0.3) is 0 Å². The number of nitrogens with two attached hydrogens (primary N) is 1. The molecule has 0 aliphatic rings. The molecule has 0 unspecified atom stereocenters. The Labute approximate surface area is 74.1 Å². The first-order valence-electron chi connectivity index (χ1n) is 3.51. The number of rotatable bonds is 3. The van der Waals surface area contributed by atoms with Crippen LogP contribution < -0.4 is 15.2 Å². The van der Waals surface area contributed by atoms with Gasteiger partial charge in [-0.15, -0.1) is 0 Å². The summed E-state index contributed by atoms with van der Waals surface area (Å²) in [6.07, 6.45) is 0. The molecule has 0 saturated carbocycles. The lowest BCUT2D eigenvalue weighted by molar-refractivity contribution is -0.0498. The molecule has 1 aromatic carbocycles. The van der Waals surface area contributed by atoms with E-state index in [0.29, 0.717) is 11.4 Å². The highest BCUT2D eigenvalue weighted by Gasteiger charge is 2.06. The molecule has 13 heavy (non-hydrogen) atoms. The van der Waals surface area contributed by atoms with Crippen LogP contribution in [0.25, 0.3) is 0 Å². The third kappa shape index (κ3) is 2.77. The Bertz CT molecular complexity index is 291. The average Bonchev–Trinajstić information content (AvgIpc) is 2.01. The first-order valence-corrected chi connectivity index (χ1v) is 3.51. The first-order chi connectivity index (χ1) is 6.11. The Balaban J connectivity index is 2.88. The van der Waals surface area contributed by atoms with Gasteiger partial charge in [0.15, 0.2) is 0 Å². The van der Waals surface area contributed by atoms with Crippen molar-refractivity contribution in [1.82, 2.24) is 0 Å². The Morgan fingerprint density at radius 2 is 1.85 bits per heavy atom. The summed E-state index contributed by atoms with van der Waals surface area (Å²) in [6, 6.07) is 4.15.